The first kappa shape index (κ1) is 15.9. The highest BCUT2D eigenvalue weighted by molar-refractivity contribution is 5.95. The molecule has 2 N–H and O–H groups in total. The number of ether oxygens (including phenoxy) is 1. The molecule has 110 valence electrons. The molecular formula is C12H12N4O5. The third-order valence-electron chi connectivity index (χ3n) is 2.23. The molecule has 0 heterocycles. The maximum absolute atomic E-state index is 11.3. The number of amides is 2. The first-order valence-corrected chi connectivity index (χ1v) is 5.87. The standard InChI is InChI=1S/C12H12N4O5/c1-2-21-12(18)14-8-3-4-9(10(7-8)16(19)20)15-11(17)5-6-13/h3-4,7H,2,5H2,1H3,(H,14,18)(H,15,17). The van der Waals surface area contributed by atoms with E-state index >= 15 is 0 Å². The summed E-state index contributed by atoms with van der Waals surface area (Å²) in [6, 6.07) is 5.34. The van der Waals surface area contributed by atoms with Crippen molar-refractivity contribution in [1.29, 1.82) is 5.26 Å². The van der Waals surface area contributed by atoms with Crippen molar-refractivity contribution in [2.45, 2.75) is 13.3 Å². The molecule has 0 radical (unpaired) electrons. The van der Waals surface area contributed by atoms with Gasteiger partial charge in [0.25, 0.3) is 5.69 Å². The van der Waals surface area contributed by atoms with E-state index in [1.54, 1.807) is 13.0 Å². The molecule has 9 nitrogen and oxygen atoms in total. The van der Waals surface area contributed by atoms with Crippen molar-refractivity contribution in [2.75, 3.05) is 17.2 Å². The van der Waals surface area contributed by atoms with Gasteiger partial charge in [-0.15, -0.1) is 0 Å². The molecule has 0 aliphatic rings. The van der Waals surface area contributed by atoms with Crippen LogP contribution >= 0.6 is 0 Å². The summed E-state index contributed by atoms with van der Waals surface area (Å²) >= 11 is 0. The van der Waals surface area contributed by atoms with E-state index in [1.165, 1.54) is 12.1 Å². The molecule has 0 aliphatic carbocycles. The second kappa shape index (κ2) is 7.44. The summed E-state index contributed by atoms with van der Waals surface area (Å²) in [6.45, 7) is 1.78. The molecule has 0 bridgehead atoms. The lowest BCUT2D eigenvalue weighted by molar-refractivity contribution is -0.383. The summed E-state index contributed by atoms with van der Waals surface area (Å²) in [5.41, 5.74) is -0.316. The Balaban J connectivity index is 2.97. The number of anilines is 2. The molecular weight excluding hydrogens is 280 g/mol. The van der Waals surface area contributed by atoms with Crippen LogP contribution in [0.25, 0.3) is 0 Å². The molecule has 9 heteroatoms. The Morgan fingerprint density at radius 1 is 1.43 bits per heavy atom. The monoisotopic (exact) mass is 292 g/mol. The number of rotatable bonds is 5. The van der Waals surface area contributed by atoms with Crippen LogP contribution in [-0.2, 0) is 9.53 Å². The van der Waals surface area contributed by atoms with Crippen LogP contribution in [0.1, 0.15) is 13.3 Å². The first-order chi connectivity index (χ1) is 9.97. The van der Waals surface area contributed by atoms with Crippen LogP contribution in [-0.4, -0.2) is 23.5 Å². The zero-order valence-corrected chi connectivity index (χ0v) is 11.1. The van der Waals surface area contributed by atoms with Crippen LogP contribution in [0.3, 0.4) is 0 Å². The van der Waals surface area contributed by atoms with Crippen molar-refractivity contribution in [3.63, 3.8) is 0 Å². The van der Waals surface area contributed by atoms with Gasteiger partial charge < -0.3 is 10.1 Å². The molecule has 0 fully saturated rings. The fourth-order valence-electron chi connectivity index (χ4n) is 1.42. The second-order valence-corrected chi connectivity index (χ2v) is 3.72. The number of carbonyl (C=O) groups is 2. The maximum atomic E-state index is 11.3. The summed E-state index contributed by atoms with van der Waals surface area (Å²) in [6.07, 6.45) is -1.16. The first-order valence-electron chi connectivity index (χ1n) is 5.87. The zero-order chi connectivity index (χ0) is 15.8. The van der Waals surface area contributed by atoms with Crippen LogP contribution in [0.5, 0.6) is 0 Å². The Kier molecular flexibility index (Phi) is 5.64. The lowest BCUT2D eigenvalue weighted by atomic mass is 10.2. The second-order valence-electron chi connectivity index (χ2n) is 3.72. The summed E-state index contributed by atoms with van der Waals surface area (Å²) in [5.74, 6) is -0.660. The van der Waals surface area contributed by atoms with Crippen molar-refractivity contribution in [3.8, 4) is 6.07 Å². The van der Waals surface area contributed by atoms with E-state index < -0.39 is 29.0 Å². The molecule has 1 aromatic carbocycles. The maximum Gasteiger partial charge on any atom is 0.411 e. The van der Waals surface area contributed by atoms with Gasteiger partial charge in [-0.1, -0.05) is 0 Å². The van der Waals surface area contributed by atoms with Gasteiger partial charge in [0, 0.05) is 6.07 Å². The third-order valence-corrected chi connectivity index (χ3v) is 2.23. The van der Waals surface area contributed by atoms with Crippen molar-refractivity contribution in [1.82, 2.24) is 0 Å². The van der Waals surface area contributed by atoms with E-state index in [2.05, 4.69) is 15.4 Å². The summed E-state index contributed by atoms with van der Waals surface area (Å²) in [4.78, 5) is 32.8. The topological polar surface area (TPSA) is 134 Å². The lowest BCUT2D eigenvalue weighted by Crippen LogP contribution is -2.14. The molecule has 0 aliphatic heterocycles. The van der Waals surface area contributed by atoms with Crippen LogP contribution < -0.4 is 10.6 Å². The number of hydrogen-bond acceptors (Lipinski definition) is 6. The molecule has 0 unspecified atom stereocenters. The molecule has 0 saturated heterocycles. The largest absolute Gasteiger partial charge is 0.450 e. The van der Waals surface area contributed by atoms with Gasteiger partial charge in [-0.3, -0.25) is 20.2 Å². The Morgan fingerprint density at radius 2 is 2.14 bits per heavy atom. The van der Waals surface area contributed by atoms with E-state index in [4.69, 9.17) is 5.26 Å². The minimum atomic E-state index is -0.743. The molecule has 2 amide bonds. The normalized spacial score (nSPS) is 9.33. The zero-order valence-electron chi connectivity index (χ0n) is 11.1. The van der Waals surface area contributed by atoms with Gasteiger partial charge in [-0.25, -0.2) is 4.79 Å². The van der Waals surface area contributed by atoms with Crippen molar-refractivity contribution >= 4 is 29.1 Å². The Hall–Kier alpha value is -3.15. The molecule has 1 rings (SSSR count). The highest BCUT2D eigenvalue weighted by Gasteiger charge is 2.17. The average molecular weight is 292 g/mol. The van der Waals surface area contributed by atoms with Gasteiger partial charge in [0.15, 0.2) is 0 Å². The van der Waals surface area contributed by atoms with Crippen LogP contribution in [0, 0.1) is 21.4 Å². The number of nitrogens with one attached hydrogen (secondary N) is 2. The molecule has 0 spiro atoms. The van der Waals surface area contributed by atoms with E-state index in [1.807, 2.05) is 0 Å². The smallest absolute Gasteiger partial charge is 0.411 e. The van der Waals surface area contributed by atoms with Crippen LogP contribution in [0.15, 0.2) is 18.2 Å². The van der Waals surface area contributed by atoms with Gasteiger partial charge in [-0.05, 0) is 19.1 Å². The number of nitro benzene ring substituents is 1. The number of hydrogen-bond donors (Lipinski definition) is 2. The quantitative estimate of drug-likeness (QED) is 0.629. The van der Waals surface area contributed by atoms with E-state index in [0.717, 1.165) is 6.07 Å². The number of carbonyl (C=O) groups excluding carboxylic acids is 2. The minimum Gasteiger partial charge on any atom is -0.450 e. The number of benzene rings is 1. The SMILES string of the molecule is CCOC(=O)Nc1ccc(NC(=O)CC#N)c([N+](=O)[O-])c1. The predicted octanol–water partition coefficient (Wildman–Crippen LogP) is 2.02. The van der Waals surface area contributed by atoms with Crippen molar-refractivity contribution in [2.24, 2.45) is 0 Å². The third kappa shape index (κ3) is 4.79. The molecule has 21 heavy (non-hydrogen) atoms. The molecule has 1 aromatic rings. The fraction of sp³-hybridized carbons (Fsp3) is 0.250. The number of nitrogens with zero attached hydrogens (tertiary/aromatic N) is 2. The summed E-state index contributed by atoms with van der Waals surface area (Å²) < 4.78 is 4.65. The van der Waals surface area contributed by atoms with Gasteiger partial charge in [-0.2, -0.15) is 5.26 Å². The average Bonchev–Trinajstić information content (AvgIpc) is 2.40. The van der Waals surface area contributed by atoms with E-state index in [-0.39, 0.29) is 18.0 Å². The van der Waals surface area contributed by atoms with Gasteiger partial charge in [0.2, 0.25) is 5.91 Å². The molecule has 0 aromatic heterocycles. The summed E-state index contributed by atoms with van der Waals surface area (Å²) in [7, 11) is 0. The summed E-state index contributed by atoms with van der Waals surface area (Å²) in [5, 5.41) is 23.9. The van der Waals surface area contributed by atoms with Gasteiger partial charge in [0.05, 0.1) is 23.3 Å². The van der Waals surface area contributed by atoms with E-state index in [0.29, 0.717) is 0 Å². The van der Waals surface area contributed by atoms with Crippen molar-refractivity contribution in [3.05, 3.63) is 28.3 Å². The Morgan fingerprint density at radius 3 is 2.71 bits per heavy atom. The highest BCUT2D eigenvalue weighted by Crippen LogP contribution is 2.28. The van der Waals surface area contributed by atoms with Gasteiger partial charge >= 0.3 is 6.09 Å². The Labute approximate surface area is 119 Å². The van der Waals surface area contributed by atoms with Crippen LogP contribution in [0.2, 0.25) is 0 Å². The molecule has 0 atom stereocenters. The number of nitro groups is 1. The molecule has 0 saturated carbocycles. The minimum absolute atomic E-state index is 0.0605. The number of nitriles is 1. The highest BCUT2D eigenvalue weighted by atomic mass is 16.6. The Bertz CT molecular complexity index is 608. The van der Waals surface area contributed by atoms with Crippen molar-refractivity contribution < 1.29 is 19.2 Å². The van der Waals surface area contributed by atoms with Crippen LogP contribution in [0.4, 0.5) is 21.9 Å². The van der Waals surface area contributed by atoms with E-state index in [9.17, 15) is 19.7 Å². The fourth-order valence-corrected chi connectivity index (χ4v) is 1.42. The lowest BCUT2D eigenvalue weighted by Gasteiger charge is -2.08. The van der Waals surface area contributed by atoms with Gasteiger partial charge in [0.1, 0.15) is 12.1 Å². The predicted molar refractivity (Wildman–Crippen MR) is 72.6 cm³/mol.